The molecule has 0 aliphatic heterocycles. The van der Waals surface area contributed by atoms with Crippen LogP contribution in [-0.4, -0.2) is 40.6 Å². The zero-order valence-electron chi connectivity index (χ0n) is 12.4. The first-order chi connectivity index (χ1) is 9.47. The number of rotatable bonds is 11. The summed E-state index contributed by atoms with van der Waals surface area (Å²) in [7, 11) is -0.116. The van der Waals surface area contributed by atoms with Gasteiger partial charge in [-0.15, -0.1) is 0 Å². The van der Waals surface area contributed by atoms with Crippen molar-refractivity contribution in [1.82, 2.24) is 0 Å². The minimum atomic E-state index is -1.82. The molecule has 6 heteroatoms. The van der Waals surface area contributed by atoms with Crippen molar-refractivity contribution in [2.24, 2.45) is 0 Å². The van der Waals surface area contributed by atoms with Crippen molar-refractivity contribution in [1.29, 1.82) is 0 Å². The molecule has 0 aromatic rings. The Balaban J connectivity index is 3.88. The number of ether oxygens (including phenoxy) is 2. The van der Waals surface area contributed by atoms with Crippen LogP contribution < -0.4 is 0 Å². The summed E-state index contributed by atoms with van der Waals surface area (Å²) in [6, 6.07) is 1.78. The van der Waals surface area contributed by atoms with E-state index in [9.17, 15) is 9.59 Å². The van der Waals surface area contributed by atoms with Crippen LogP contribution in [0.15, 0.2) is 25.3 Å². The lowest BCUT2D eigenvalue weighted by Gasteiger charge is -2.25. The van der Waals surface area contributed by atoms with Crippen molar-refractivity contribution in [3.05, 3.63) is 25.3 Å². The van der Waals surface area contributed by atoms with Crippen LogP contribution in [0.5, 0.6) is 0 Å². The minimum absolute atomic E-state index is 0.377. The van der Waals surface area contributed by atoms with Gasteiger partial charge in [-0.3, -0.25) is 0 Å². The summed E-state index contributed by atoms with van der Waals surface area (Å²) in [6.07, 6.45) is 3.84. The summed E-state index contributed by atoms with van der Waals surface area (Å²) in [6.45, 7) is 9.55. The molecule has 0 rings (SSSR count). The lowest BCUT2D eigenvalue weighted by atomic mass is 10.5. The first-order valence-electron chi connectivity index (χ1n) is 6.61. The highest BCUT2D eigenvalue weighted by atomic mass is 28.4. The molecule has 0 saturated carbocycles. The van der Waals surface area contributed by atoms with E-state index in [2.05, 4.69) is 19.7 Å². The van der Waals surface area contributed by atoms with Gasteiger partial charge in [0.25, 0.3) is 0 Å². The third-order valence-corrected chi connectivity index (χ3v) is 6.82. The fraction of sp³-hybridized carbons (Fsp3) is 0.571. The maximum absolute atomic E-state index is 10.9. The highest BCUT2D eigenvalue weighted by Gasteiger charge is 2.26. The van der Waals surface area contributed by atoms with Crippen molar-refractivity contribution in [3.63, 3.8) is 0 Å². The fourth-order valence-corrected chi connectivity index (χ4v) is 4.13. The van der Waals surface area contributed by atoms with Crippen LogP contribution in [0.1, 0.15) is 12.8 Å². The van der Waals surface area contributed by atoms with E-state index < -0.39 is 20.3 Å². The minimum Gasteiger partial charge on any atom is -0.463 e. The van der Waals surface area contributed by atoms with Crippen LogP contribution in [0.25, 0.3) is 0 Å². The van der Waals surface area contributed by atoms with E-state index in [1.165, 1.54) is 0 Å². The molecule has 0 fully saturated rings. The summed E-state index contributed by atoms with van der Waals surface area (Å²) in [5.41, 5.74) is 0. The topological polar surface area (TPSA) is 61.8 Å². The number of hydrogen-bond acceptors (Lipinski definition) is 5. The van der Waals surface area contributed by atoms with E-state index in [1.807, 2.05) is 0 Å². The van der Waals surface area contributed by atoms with E-state index in [1.54, 1.807) is 7.11 Å². The number of carbonyl (C=O) groups is 2. The second kappa shape index (κ2) is 10.4. The van der Waals surface area contributed by atoms with E-state index >= 15 is 0 Å². The zero-order valence-corrected chi connectivity index (χ0v) is 13.4. The number of esters is 2. The van der Waals surface area contributed by atoms with Gasteiger partial charge in [-0.2, -0.15) is 0 Å². The summed E-state index contributed by atoms with van der Waals surface area (Å²) in [5.74, 6) is -0.802. The van der Waals surface area contributed by atoms with E-state index in [0.29, 0.717) is 13.2 Å². The van der Waals surface area contributed by atoms with Crippen LogP contribution in [0, 0.1) is 0 Å². The molecule has 0 bridgehead atoms. The molecule has 0 radical (unpaired) electrons. The van der Waals surface area contributed by atoms with Gasteiger partial charge in [0, 0.05) is 19.3 Å². The third kappa shape index (κ3) is 8.66. The first kappa shape index (κ1) is 18.6. The lowest BCUT2D eigenvalue weighted by Crippen LogP contribution is -2.33. The van der Waals surface area contributed by atoms with Gasteiger partial charge in [0.2, 0.25) is 0 Å². The molecule has 0 aliphatic carbocycles. The molecule has 0 spiro atoms. The van der Waals surface area contributed by atoms with Gasteiger partial charge < -0.3 is 13.9 Å². The molecule has 0 atom stereocenters. The van der Waals surface area contributed by atoms with Gasteiger partial charge in [-0.25, -0.2) is 9.59 Å². The van der Waals surface area contributed by atoms with Crippen LogP contribution in [0.4, 0.5) is 0 Å². The highest BCUT2D eigenvalue weighted by molar-refractivity contribution is 6.72. The van der Waals surface area contributed by atoms with Gasteiger partial charge in [0.15, 0.2) is 8.32 Å². The molecule has 20 heavy (non-hydrogen) atoms. The van der Waals surface area contributed by atoms with Gasteiger partial charge >= 0.3 is 11.9 Å². The lowest BCUT2D eigenvalue weighted by molar-refractivity contribution is -0.138. The Hall–Kier alpha value is -1.40. The van der Waals surface area contributed by atoms with Crippen molar-refractivity contribution in [2.45, 2.75) is 31.5 Å². The largest absolute Gasteiger partial charge is 0.463 e. The van der Waals surface area contributed by atoms with Crippen molar-refractivity contribution in [3.8, 4) is 0 Å². The highest BCUT2D eigenvalue weighted by Crippen LogP contribution is 2.20. The van der Waals surface area contributed by atoms with Gasteiger partial charge in [0.05, 0.1) is 13.2 Å². The maximum Gasteiger partial charge on any atom is 0.330 e. The van der Waals surface area contributed by atoms with Crippen LogP contribution in [0.2, 0.25) is 18.6 Å². The Morgan fingerprint density at radius 2 is 1.40 bits per heavy atom. The standard InChI is InChI=1S/C14H24O5Si/c1-5-13(15)18-9-7-11-20(4,17-3)12-8-10-19-14(16)6-2/h5-6H,1-2,7-12H2,3-4H3. The van der Waals surface area contributed by atoms with E-state index in [4.69, 9.17) is 13.9 Å². The molecule has 5 nitrogen and oxygen atoms in total. The van der Waals surface area contributed by atoms with Gasteiger partial charge in [-0.05, 0) is 31.5 Å². The quantitative estimate of drug-likeness (QED) is 0.254. The Morgan fingerprint density at radius 1 is 1.00 bits per heavy atom. The smallest absolute Gasteiger partial charge is 0.330 e. The summed E-state index contributed by atoms with van der Waals surface area (Å²) in [5, 5.41) is 0. The molecule has 0 saturated heterocycles. The molecule has 0 amide bonds. The van der Waals surface area contributed by atoms with Crippen molar-refractivity contribution >= 4 is 20.3 Å². The second-order valence-electron chi connectivity index (χ2n) is 4.60. The molecule has 0 aromatic heterocycles. The van der Waals surface area contributed by atoms with Crippen LogP contribution >= 0.6 is 0 Å². The predicted octanol–water partition coefficient (Wildman–Crippen LogP) is 2.45. The van der Waals surface area contributed by atoms with Crippen molar-refractivity contribution in [2.75, 3.05) is 20.3 Å². The zero-order chi connectivity index (χ0) is 15.4. The van der Waals surface area contributed by atoms with Crippen molar-refractivity contribution < 1.29 is 23.5 Å². The van der Waals surface area contributed by atoms with E-state index in [0.717, 1.165) is 37.1 Å². The number of hydrogen-bond donors (Lipinski definition) is 0. The predicted molar refractivity (Wildman–Crippen MR) is 79.8 cm³/mol. The van der Waals surface area contributed by atoms with Crippen LogP contribution in [-0.2, 0) is 23.5 Å². The summed E-state index contributed by atoms with van der Waals surface area (Å²) in [4.78, 5) is 21.8. The maximum atomic E-state index is 10.9. The fourth-order valence-electron chi connectivity index (χ4n) is 1.68. The molecular weight excluding hydrogens is 276 g/mol. The van der Waals surface area contributed by atoms with Gasteiger partial charge in [0.1, 0.15) is 0 Å². The molecular formula is C14H24O5Si. The Bertz CT molecular complexity index is 312. The number of carbonyl (C=O) groups excluding carboxylic acids is 2. The molecule has 0 unspecified atom stereocenters. The molecule has 0 N–H and O–H groups in total. The normalized spacial score (nSPS) is 10.7. The molecule has 0 aliphatic rings. The Labute approximate surface area is 121 Å². The first-order valence-corrected chi connectivity index (χ1v) is 9.43. The third-order valence-electron chi connectivity index (χ3n) is 3.01. The average Bonchev–Trinajstić information content (AvgIpc) is 2.47. The monoisotopic (exact) mass is 300 g/mol. The Kier molecular flexibility index (Phi) is 9.66. The second-order valence-corrected chi connectivity index (χ2v) is 8.91. The SMILES string of the molecule is C=CC(=O)OCCC[Si](C)(CCCOC(=O)C=C)OC. The molecule has 0 aromatic carbocycles. The molecule has 0 heterocycles. The van der Waals surface area contributed by atoms with Gasteiger partial charge in [-0.1, -0.05) is 13.2 Å². The molecule has 114 valence electrons. The van der Waals surface area contributed by atoms with E-state index in [-0.39, 0.29) is 0 Å². The summed E-state index contributed by atoms with van der Waals surface area (Å²) < 4.78 is 15.5. The summed E-state index contributed by atoms with van der Waals surface area (Å²) >= 11 is 0. The Morgan fingerprint density at radius 3 is 1.70 bits per heavy atom. The average molecular weight is 300 g/mol. The van der Waals surface area contributed by atoms with Crippen LogP contribution in [0.3, 0.4) is 0 Å².